The molecule has 0 aliphatic rings. The fourth-order valence-corrected chi connectivity index (χ4v) is 1.65. The zero-order valence-corrected chi connectivity index (χ0v) is 9.94. The van der Waals surface area contributed by atoms with Gasteiger partial charge < -0.3 is 0 Å². The molecule has 2 aromatic rings. The molecular weight excluding hydrogens is 243 g/mol. The van der Waals surface area contributed by atoms with Gasteiger partial charge in [0.05, 0.1) is 23.1 Å². The van der Waals surface area contributed by atoms with Gasteiger partial charge in [-0.1, -0.05) is 25.1 Å². The van der Waals surface area contributed by atoms with Crippen molar-refractivity contribution in [2.75, 3.05) is 0 Å². The molecule has 0 saturated heterocycles. The number of hydrogen-bond donors (Lipinski definition) is 0. The molecule has 0 N–H and O–H groups in total. The predicted octanol–water partition coefficient (Wildman–Crippen LogP) is 3.41. The molecule has 1 heterocycles. The topological polar surface area (TPSA) is 30.7 Å². The van der Waals surface area contributed by atoms with Crippen molar-refractivity contribution < 1.29 is 13.2 Å². The van der Waals surface area contributed by atoms with E-state index in [1.165, 1.54) is 10.7 Å². The summed E-state index contributed by atoms with van der Waals surface area (Å²) in [5.74, 6) is 0.134. The maximum Gasteiger partial charge on any atom is 0.416 e. The van der Waals surface area contributed by atoms with Crippen molar-refractivity contribution in [2.45, 2.75) is 25.9 Å². The molecule has 0 fully saturated rings. The molecule has 0 atom stereocenters. The quantitative estimate of drug-likeness (QED) is 0.823. The molecule has 0 aliphatic heterocycles. The van der Waals surface area contributed by atoms with Crippen LogP contribution in [-0.2, 0) is 6.18 Å². The van der Waals surface area contributed by atoms with Gasteiger partial charge in [0.2, 0.25) is 0 Å². The normalized spacial score (nSPS) is 12.1. The predicted molar refractivity (Wildman–Crippen MR) is 60.5 cm³/mol. The lowest BCUT2D eigenvalue weighted by Crippen LogP contribution is -2.08. The van der Waals surface area contributed by atoms with Crippen LogP contribution in [0.3, 0.4) is 0 Å². The molecule has 0 radical (unpaired) electrons. The molecule has 1 aromatic carbocycles. The SMILES string of the molecule is CC(C)c1cnnn1-c1cccc(C(F)(F)F)c1. The second-order valence-electron chi connectivity index (χ2n) is 4.27. The highest BCUT2D eigenvalue weighted by Crippen LogP contribution is 2.30. The number of nitrogens with zero attached hydrogens (tertiary/aromatic N) is 3. The number of benzene rings is 1. The molecule has 0 spiro atoms. The average molecular weight is 255 g/mol. The molecule has 6 heteroatoms. The van der Waals surface area contributed by atoms with Gasteiger partial charge >= 0.3 is 6.18 Å². The average Bonchev–Trinajstić information content (AvgIpc) is 2.77. The largest absolute Gasteiger partial charge is 0.416 e. The van der Waals surface area contributed by atoms with E-state index in [9.17, 15) is 13.2 Å². The van der Waals surface area contributed by atoms with Gasteiger partial charge in [-0.15, -0.1) is 5.10 Å². The molecule has 0 saturated carbocycles. The standard InChI is InChI=1S/C12H12F3N3/c1-8(2)11-7-16-17-18(11)10-5-3-4-9(6-10)12(13,14)15/h3-8H,1-2H3. The Labute approximate surface area is 102 Å². The van der Waals surface area contributed by atoms with Crippen molar-refractivity contribution in [1.82, 2.24) is 15.0 Å². The van der Waals surface area contributed by atoms with Crippen LogP contribution in [0.2, 0.25) is 0 Å². The summed E-state index contributed by atoms with van der Waals surface area (Å²) in [7, 11) is 0. The van der Waals surface area contributed by atoms with Gasteiger partial charge in [-0.25, -0.2) is 4.68 Å². The van der Waals surface area contributed by atoms with E-state index in [0.717, 1.165) is 17.8 Å². The maximum absolute atomic E-state index is 12.6. The molecule has 3 nitrogen and oxygen atoms in total. The van der Waals surface area contributed by atoms with E-state index in [1.54, 1.807) is 12.3 Å². The smallest absolute Gasteiger partial charge is 0.217 e. The van der Waals surface area contributed by atoms with E-state index in [1.807, 2.05) is 13.8 Å². The van der Waals surface area contributed by atoms with Gasteiger partial charge in [-0.05, 0) is 24.1 Å². The molecule has 18 heavy (non-hydrogen) atoms. The molecule has 0 aliphatic carbocycles. The van der Waals surface area contributed by atoms with Gasteiger partial charge in [0.25, 0.3) is 0 Å². The lowest BCUT2D eigenvalue weighted by Gasteiger charge is -2.11. The lowest BCUT2D eigenvalue weighted by atomic mass is 10.1. The highest BCUT2D eigenvalue weighted by molar-refractivity contribution is 5.37. The number of aromatic nitrogens is 3. The van der Waals surface area contributed by atoms with Gasteiger partial charge in [0.1, 0.15) is 0 Å². The summed E-state index contributed by atoms with van der Waals surface area (Å²) in [4.78, 5) is 0. The van der Waals surface area contributed by atoms with Crippen LogP contribution in [0.25, 0.3) is 5.69 Å². The fourth-order valence-electron chi connectivity index (χ4n) is 1.65. The first-order chi connectivity index (χ1) is 8.39. The van der Waals surface area contributed by atoms with Crippen LogP contribution >= 0.6 is 0 Å². The minimum Gasteiger partial charge on any atom is -0.217 e. The van der Waals surface area contributed by atoms with Crippen LogP contribution in [0.15, 0.2) is 30.5 Å². The van der Waals surface area contributed by atoms with Crippen LogP contribution in [0, 0.1) is 0 Å². The summed E-state index contributed by atoms with van der Waals surface area (Å²) < 4.78 is 39.3. The molecule has 0 amide bonds. The molecule has 2 rings (SSSR count). The van der Waals surface area contributed by atoms with Gasteiger partial charge in [0.15, 0.2) is 0 Å². The Morgan fingerprint density at radius 1 is 1.22 bits per heavy atom. The lowest BCUT2D eigenvalue weighted by molar-refractivity contribution is -0.137. The zero-order chi connectivity index (χ0) is 13.3. The van der Waals surface area contributed by atoms with Crippen molar-refractivity contribution in [2.24, 2.45) is 0 Å². The van der Waals surface area contributed by atoms with Crippen LogP contribution in [0.1, 0.15) is 31.0 Å². The second-order valence-corrected chi connectivity index (χ2v) is 4.27. The summed E-state index contributed by atoms with van der Waals surface area (Å²) in [5, 5.41) is 7.57. The van der Waals surface area contributed by atoms with Crippen LogP contribution < -0.4 is 0 Å². The highest BCUT2D eigenvalue weighted by Gasteiger charge is 2.30. The van der Waals surface area contributed by atoms with Crippen LogP contribution in [0.5, 0.6) is 0 Å². The highest BCUT2D eigenvalue weighted by atomic mass is 19.4. The maximum atomic E-state index is 12.6. The Hall–Kier alpha value is -1.85. The Kier molecular flexibility index (Phi) is 3.11. The molecule has 0 bridgehead atoms. The van der Waals surface area contributed by atoms with Gasteiger partial charge in [-0.2, -0.15) is 13.2 Å². The van der Waals surface area contributed by atoms with Crippen LogP contribution in [-0.4, -0.2) is 15.0 Å². The first-order valence-electron chi connectivity index (χ1n) is 5.48. The van der Waals surface area contributed by atoms with Gasteiger partial charge in [-0.3, -0.25) is 0 Å². The van der Waals surface area contributed by atoms with Crippen LogP contribution in [0.4, 0.5) is 13.2 Å². The number of alkyl halides is 3. The summed E-state index contributed by atoms with van der Waals surface area (Å²) in [5.41, 5.74) is 0.450. The Morgan fingerprint density at radius 2 is 1.94 bits per heavy atom. The third kappa shape index (κ3) is 2.37. The second kappa shape index (κ2) is 4.44. The van der Waals surface area contributed by atoms with E-state index in [2.05, 4.69) is 10.3 Å². The van der Waals surface area contributed by atoms with E-state index in [-0.39, 0.29) is 5.92 Å². The van der Waals surface area contributed by atoms with E-state index < -0.39 is 11.7 Å². The van der Waals surface area contributed by atoms with Crippen molar-refractivity contribution in [3.05, 3.63) is 41.7 Å². The third-order valence-corrected chi connectivity index (χ3v) is 2.59. The molecule has 0 unspecified atom stereocenters. The van der Waals surface area contributed by atoms with Crippen molar-refractivity contribution in [3.8, 4) is 5.69 Å². The zero-order valence-electron chi connectivity index (χ0n) is 9.94. The summed E-state index contributed by atoms with van der Waals surface area (Å²) in [6.07, 6.45) is -2.79. The summed E-state index contributed by atoms with van der Waals surface area (Å²) >= 11 is 0. The van der Waals surface area contributed by atoms with E-state index in [0.29, 0.717) is 5.69 Å². The molecule has 1 aromatic heterocycles. The molecule has 96 valence electrons. The summed E-state index contributed by atoms with van der Waals surface area (Å²) in [6, 6.07) is 5.05. The Morgan fingerprint density at radius 3 is 2.56 bits per heavy atom. The number of hydrogen-bond acceptors (Lipinski definition) is 2. The number of halogens is 3. The third-order valence-electron chi connectivity index (χ3n) is 2.59. The monoisotopic (exact) mass is 255 g/mol. The first kappa shape index (κ1) is 12.6. The molecular formula is C12H12F3N3. The van der Waals surface area contributed by atoms with Crippen molar-refractivity contribution in [3.63, 3.8) is 0 Å². The van der Waals surface area contributed by atoms with E-state index >= 15 is 0 Å². The van der Waals surface area contributed by atoms with Crippen molar-refractivity contribution >= 4 is 0 Å². The Balaban J connectivity index is 2.48. The van der Waals surface area contributed by atoms with Crippen molar-refractivity contribution in [1.29, 1.82) is 0 Å². The summed E-state index contributed by atoms with van der Waals surface area (Å²) in [6.45, 7) is 3.87. The minimum atomic E-state index is -4.35. The number of rotatable bonds is 2. The first-order valence-corrected chi connectivity index (χ1v) is 5.48. The fraction of sp³-hybridized carbons (Fsp3) is 0.333. The van der Waals surface area contributed by atoms with E-state index in [4.69, 9.17) is 0 Å². The van der Waals surface area contributed by atoms with Gasteiger partial charge in [0, 0.05) is 0 Å². The Bertz CT molecular complexity index is 543. The minimum absolute atomic E-state index is 0.134.